The topological polar surface area (TPSA) is 59.4 Å². The third-order valence-corrected chi connectivity index (χ3v) is 5.77. The number of carbonyl (C=O) groups is 1. The first-order valence-corrected chi connectivity index (χ1v) is 10.0. The molecule has 1 aromatic carbocycles. The van der Waals surface area contributed by atoms with Gasteiger partial charge in [-0.3, -0.25) is 4.79 Å². The Morgan fingerprint density at radius 3 is 2.96 bits per heavy atom. The van der Waals surface area contributed by atoms with Gasteiger partial charge in [-0.25, -0.2) is 9.37 Å². The number of hydrogen-bond donors (Lipinski definition) is 1. The zero-order chi connectivity index (χ0) is 19.5. The summed E-state index contributed by atoms with van der Waals surface area (Å²) in [5.74, 6) is 1.37. The summed E-state index contributed by atoms with van der Waals surface area (Å²) in [5, 5.41) is 2.98. The Bertz CT molecular complexity index is 845. The predicted octanol–water partition coefficient (Wildman–Crippen LogP) is 2.59. The number of nitrogens with one attached hydrogen (secondary N) is 1. The molecular formula is C21H27FN4O2. The number of hydrogen-bond acceptors (Lipinski definition) is 4. The van der Waals surface area contributed by atoms with Gasteiger partial charge in [-0.1, -0.05) is 0 Å². The molecule has 0 aliphatic carbocycles. The number of likely N-dealkylation sites (tertiary alicyclic amines) is 1. The third-order valence-electron chi connectivity index (χ3n) is 5.77. The Labute approximate surface area is 164 Å². The van der Waals surface area contributed by atoms with Crippen molar-refractivity contribution in [1.29, 1.82) is 0 Å². The number of amides is 1. The van der Waals surface area contributed by atoms with Crippen LogP contribution in [0.15, 0.2) is 24.4 Å². The lowest BCUT2D eigenvalue weighted by Crippen LogP contribution is -2.33. The molecule has 28 heavy (non-hydrogen) atoms. The molecule has 0 saturated carbocycles. The number of imidazole rings is 1. The van der Waals surface area contributed by atoms with Crippen LogP contribution in [0.4, 0.5) is 4.39 Å². The summed E-state index contributed by atoms with van der Waals surface area (Å²) in [6.45, 7) is 4.45. The molecule has 4 rings (SSSR count). The minimum atomic E-state index is -0.259. The lowest BCUT2D eigenvalue weighted by molar-refractivity contribution is 0.0945. The van der Waals surface area contributed by atoms with E-state index < -0.39 is 0 Å². The molecule has 2 aromatic rings. The minimum Gasteiger partial charge on any atom is -0.496 e. The summed E-state index contributed by atoms with van der Waals surface area (Å²) >= 11 is 0. The molecule has 150 valence electrons. The normalized spacial score (nSPS) is 19.4. The zero-order valence-corrected chi connectivity index (χ0v) is 16.3. The second-order valence-corrected chi connectivity index (χ2v) is 7.62. The van der Waals surface area contributed by atoms with E-state index in [2.05, 4.69) is 15.2 Å². The summed E-state index contributed by atoms with van der Waals surface area (Å²) in [7, 11) is 1.60. The van der Waals surface area contributed by atoms with Gasteiger partial charge in [0.05, 0.1) is 7.11 Å². The van der Waals surface area contributed by atoms with E-state index in [1.54, 1.807) is 19.2 Å². The van der Waals surface area contributed by atoms with E-state index in [9.17, 15) is 9.18 Å². The second-order valence-electron chi connectivity index (χ2n) is 7.62. The quantitative estimate of drug-likeness (QED) is 0.829. The molecule has 3 heterocycles. The van der Waals surface area contributed by atoms with Crippen LogP contribution in [0.25, 0.3) is 0 Å². The number of fused-ring (bicyclic) bond motifs is 1. The molecule has 1 fully saturated rings. The largest absolute Gasteiger partial charge is 0.496 e. The molecule has 0 radical (unpaired) electrons. The lowest BCUT2D eigenvalue weighted by atomic mass is 9.91. The van der Waals surface area contributed by atoms with E-state index in [4.69, 9.17) is 4.74 Å². The molecule has 0 bridgehead atoms. The third kappa shape index (κ3) is 4.04. The molecule has 0 unspecified atom stereocenters. The fraction of sp³-hybridized carbons (Fsp3) is 0.524. The van der Waals surface area contributed by atoms with Gasteiger partial charge < -0.3 is 19.5 Å². The van der Waals surface area contributed by atoms with Gasteiger partial charge in [-0.05, 0) is 50.6 Å². The summed E-state index contributed by atoms with van der Waals surface area (Å²) in [6, 6.07) is 4.64. The number of aromatic nitrogens is 2. The van der Waals surface area contributed by atoms with Gasteiger partial charge in [0.25, 0.3) is 5.91 Å². The number of halogens is 1. The van der Waals surface area contributed by atoms with Gasteiger partial charge in [0, 0.05) is 43.7 Å². The van der Waals surface area contributed by atoms with Gasteiger partial charge in [-0.15, -0.1) is 0 Å². The Morgan fingerprint density at radius 2 is 2.18 bits per heavy atom. The average molecular weight is 386 g/mol. The van der Waals surface area contributed by atoms with Crippen LogP contribution in [0.1, 0.15) is 47.1 Å². The number of benzene rings is 1. The summed E-state index contributed by atoms with van der Waals surface area (Å²) in [5.41, 5.74) is 1.33. The predicted molar refractivity (Wildman–Crippen MR) is 104 cm³/mol. The standard InChI is InChI=1S/C21H27FN4O2/c1-28-19-6-5-16(22)12-17(19)15-4-7-20-24-18(14-26(20)13-15)21(27)23-8-11-25-9-2-3-10-25/h5-6,12,14-15H,2-4,7-11,13H2,1H3,(H,23,27)/t15-/m0/s1. The molecule has 2 aliphatic heterocycles. The average Bonchev–Trinajstić information content (AvgIpc) is 3.37. The number of methoxy groups -OCH3 is 1. The van der Waals surface area contributed by atoms with Crippen LogP contribution in [-0.2, 0) is 13.0 Å². The molecule has 2 aliphatic rings. The van der Waals surface area contributed by atoms with Crippen molar-refractivity contribution in [2.75, 3.05) is 33.3 Å². The maximum absolute atomic E-state index is 13.7. The Balaban J connectivity index is 1.40. The first-order valence-electron chi connectivity index (χ1n) is 10.0. The van der Waals surface area contributed by atoms with Crippen LogP contribution in [0, 0.1) is 5.82 Å². The SMILES string of the molecule is COc1ccc(F)cc1[C@H]1CCc2nc(C(=O)NCCN3CCCC3)cn2C1. The molecule has 0 spiro atoms. The molecule has 1 saturated heterocycles. The Kier molecular flexibility index (Phi) is 5.62. The monoisotopic (exact) mass is 386 g/mol. The van der Waals surface area contributed by atoms with Gasteiger partial charge in [0.15, 0.2) is 0 Å². The van der Waals surface area contributed by atoms with Crippen LogP contribution in [0.3, 0.4) is 0 Å². The van der Waals surface area contributed by atoms with E-state index in [-0.39, 0.29) is 17.6 Å². The van der Waals surface area contributed by atoms with Crippen molar-refractivity contribution < 1.29 is 13.9 Å². The van der Waals surface area contributed by atoms with Crippen molar-refractivity contribution in [3.05, 3.63) is 47.3 Å². The first kappa shape index (κ1) is 18.9. The molecule has 1 atom stereocenters. The molecule has 1 N–H and O–H groups in total. The van der Waals surface area contributed by atoms with Crippen molar-refractivity contribution in [2.24, 2.45) is 0 Å². The molecule has 1 amide bonds. The van der Waals surface area contributed by atoms with Gasteiger partial charge in [-0.2, -0.15) is 0 Å². The van der Waals surface area contributed by atoms with Crippen molar-refractivity contribution in [1.82, 2.24) is 19.8 Å². The number of rotatable bonds is 6. The highest BCUT2D eigenvalue weighted by atomic mass is 19.1. The van der Waals surface area contributed by atoms with Crippen LogP contribution in [0.2, 0.25) is 0 Å². The number of nitrogens with zero attached hydrogens (tertiary/aromatic N) is 3. The summed E-state index contributed by atoms with van der Waals surface area (Å²) in [6.07, 6.45) is 5.93. The van der Waals surface area contributed by atoms with Gasteiger partial charge >= 0.3 is 0 Å². The fourth-order valence-corrected chi connectivity index (χ4v) is 4.26. The minimum absolute atomic E-state index is 0.124. The number of aryl methyl sites for hydroxylation is 1. The molecule has 6 nitrogen and oxygen atoms in total. The van der Waals surface area contributed by atoms with Crippen LogP contribution >= 0.6 is 0 Å². The van der Waals surface area contributed by atoms with E-state index >= 15 is 0 Å². The Morgan fingerprint density at radius 1 is 1.36 bits per heavy atom. The van der Waals surface area contributed by atoms with Crippen molar-refractivity contribution in [3.63, 3.8) is 0 Å². The van der Waals surface area contributed by atoms with Crippen LogP contribution in [-0.4, -0.2) is 53.6 Å². The van der Waals surface area contributed by atoms with E-state index in [1.807, 2.05) is 10.8 Å². The summed E-state index contributed by atoms with van der Waals surface area (Å²) < 4.78 is 21.2. The van der Waals surface area contributed by atoms with Crippen molar-refractivity contribution in [2.45, 2.75) is 38.1 Å². The van der Waals surface area contributed by atoms with Crippen LogP contribution < -0.4 is 10.1 Å². The van der Waals surface area contributed by atoms with E-state index in [0.717, 1.165) is 43.9 Å². The fourth-order valence-electron chi connectivity index (χ4n) is 4.26. The lowest BCUT2D eigenvalue weighted by Gasteiger charge is -2.25. The maximum Gasteiger partial charge on any atom is 0.271 e. The van der Waals surface area contributed by atoms with Crippen LogP contribution in [0.5, 0.6) is 5.75 Å². The maximum atomic E-state index is 13.7. The van der Waals surface area contributed by atoms with E-state index in [1.165, 1.54) is 18.9 Å². The van der Waals surface area contributed by atoms with Gasteiger partial charge in [0.2, 0.25) is 0 Å². The highest BCUT2D eigenvalue weighted by molar-refractivity contribution is 5.92. The molecule has 1 aromatic heterocycles. The summed E-state index contributed by atoms with van der Waals surface area (Å²) in [4.78, 5) is 19.3. The number of carbonyl (C=O) groups excluding carboxylic acids is 1. The van der Waals surface area contributed by atoms with Crippen molar-refractivity contribution in [3.8, 4) is 5.75 Å². The number of ether oxygens (including phenoxy) is 1. The smallest absolute Gasteiger partial charge is 0.271 e. The molecule has 7 heteroatoms. The highest BCUT2D eigenvalue weighted by Crippen LogP contribution is 2.34. The second kappa shape index (κ2) is 8.31. The Hall–Kier alpha value is -2.41. The highest BCUT2D eigenvalue weighted by Gasteiger charge is 2.26. The van der Waals surface area contributed by atoms with E-state index in [0.29, 0.717) is 24.5 Å². The first-order chi connectivity index (χ1) is 13.6. The van der Waals surface area contributed by atoms with Crippen molar-refractivity contribution >= 4 is 5.91 Å². The molecular weight excluding hydrogens is 359 g/mol. The van der Waals surface area contributed by atoms with Gasteiger partial charge in [0.1, 0.15) is 23.1 Å². The zero-order valence-electron chi connectivity index (χ0n) is 16.3.